The predicted molar refractivity (Wildman–Crippen MR) is 73.3 cm³/mol. The van der Waals surface area contributed by atoms with Gasteiger partial charge in [0.15, 0.2) is 0 Å². The van der Waals surface area contributed by atoms with Gasteiger partial charge in [0.2, 0.25) is 0 Å². The van der Waals surface area contributed by atoms with Crippen molar-refractivity contribution in [1.82, 2.24) is 0 Å². The Labute approximate surface area is 116 Å². The molecule has 0 radical (unpaired) electrons. The summed E-state index contributed by atoms with van der Waals surface area (Å²) in [5, 5.41) is 27.9. The van der Waals surface area contributed by atoms with Gasteiger partial charge in [0, 0.05) is 0 Å². The zero-order chi connectivity index (χ0) is 14.1. The van der Waals surface area contributed by atoms with Crippen LogP contribution in [0.4, 0.5) is 0 Å². The van der Waals surface area contributed by atoms with Crippen LogP contribution in [-0.4, -0.2) is 0 Å². The maximum atomic E-state index is 9.43. The zero-order valence-corrected chi connectivity index (χ0v) is 10.5. The summed E-state index contributed by atoms with van der Waals surface area (Å²) in [6.45, 7) is 0. The Hall–Kier alpha value is -3.09. The first kappa shape index (κ1) is 12.0. The van der Waals surface area contributed by atoms with Crippen LogP contribution in [-0.2, 0) is 0 Å². The number of hydrogen-bond donors (Lipinski definition) is 0. The summed E-state index contributed by atoms with van der Waals surface area (Å²) in [5.41, 5.74) is 4.09. The fourth-order valence-electron chi connectivity index (χ4n) is 2.79. The summed E-state index contributed by atoms with van der Waals surface area (Å²) < 4.78 is 0. The summed E-state index contributed by atoms with van der Waals surface area (Å²) in [4.78, 5) is 0. The van der Waals surface area contributed by atoms with Gasteiger partial charge in [0.05, 0.1) is 35.6 Å². The molecule has 2 aromatic carbocycles. The number of benzene rings is 2. The minimum atomic E-state index is -0.488. The molecule has 0 saturated carbocycles. The van der Waals surface area contributed by atoms with E-state index >= 15 is 0 Å². The lowest BCUT2D eigenvalue weighted by Crippen LogP contribution is -2.15. The van der Waals surface area contributed by atoms with Crippen LogP contribution in [0.5, 0.6) is 0 Å². The van der Waals surface area contributed by atoms with Gasteiger partial charge in [-0.2, -0.15) is 15.8 Å². The van der Waals surface area contributed by atoms with E-state index in [0.717, 1.165) is 22.3 Å². The van der Waals surface area contributed by atoms with E-state index in [1.165, 1.54) is 0 Å². The van der Waals surface area contributed by atoms with Gasteiger partial charge in [-0.05, 0) is 34.4 Å². The molecule has 2 atom stereocenters. The van der Waals surface area contributed by atoms with Crippen molar-refractivity contribution in [3.63, 3.8) is 0 Å². The van der Waals surface area contributed by atoms with E-state index in [1.807, 2.05) is 24.3 Å². The van der Waals surface area contributed by atoms with Crippen molar-refractivity contribution in [2.24, 2.45) is 0 Å². The van der Waals surface area contributed by atoms with Crippen molar-refractivity contribution in [2.45, 2.75) is 11.8 Å². The Balaban J connectivity index is 2.36. The zero-order valence-electron chi connectivity index (χ0n) is 10.5. The quantitative estimate of drug-likeness (QED) is 0.723. The first-order valence-electron chi connectivity index (χ1n) is 6.22. The summed E-state index contributed by atoms with van der Waals surface area (Å²) in [7, 11) is 0. The molecule has 0 aromatic heterocycles. The normalized spacial score (nSPS) is 18.9. The smallest absolute Gasteiger partial charge is 0.0991 e. The van der Waals surface area contributed by atoms with Crippen LogP contribution in [0.25, 0.3) is 11.1 Å². The van der Waals surface area contributed by atoms with E-state index in [0.29, 0.717) is 5.56 Å². The molecule has 0 N–H and O–H groups in total. The first-order valence-corrected chi connectivity index (χ1v) is 6.22. The highest BCUT2D eigenvalue weighted by molar-refractivity contribution is 5.77. The predicted octanol–water partition coefficient (Wildman–Crippen LogP) is 3.45. The number of nitrogens with zero attached hydrogens (tertiary/aromatic N) is 3. The largest absolute Gasteiger partial charge is 0.198 e. The fourth-order valence-corrected chi connectivity index (χ4v) is 2.79. The lowest BCUT2D eigenvalue weighted by molar-refractivity contribution is 0.750. The van der Waals surface area contributed by atoms with Gasteiger partial charge in [-0.15, -0.1) is 0 Å². The topological polar surface area (TPSA) is 71.4 Å². The highest BCUT2D eigenvalue weighted by atomic mass is 14.4. The maximum Gasteiger partial charge on any atom is 0.0991 e. The van der Waals surface area contributed by atoms with Crippen LogP contribution in [0.2, 0.25) is 0 Å². The highest BCUT2D eigenvalue weighted by Gasteiger charge is 2.33. The van der Waals surface area contributed by atoms with Crippen molar-refractivity contribution in [3.8, 4) is 29.3 Å². The van der Waals surface area contributed by atoms with Gasteiger partial charge >= 0.3 is 0 Å². The Bertz CT molecular complexity index is 815. The lowest BCUT2D eigenvalue weighted by atomic mass is 9.72. The fraction of sp³-hybridized carbons (Fsp3) is 0.118. The molecule has 0 saturated heterocycles. The monoisotopic (exact) mass is 255 g/mol. The lowest BCUT2D eigenvalue weighted by Gasteiger charge is -2.27. The van der Waals surface area contributed by atoms with Crippen LogP contribution >= 0.6 is 0 Å². The third kappa shape index (κ3) is 1.57. The summed E-state index contributed by atoms with van der Waals surface area (Å²) in [6.07, 6.45) is 0. The second-order valence-electron chi connectivity index (χ2n) is 4.71. The Morgan fingerprint density at radius 1 is 0.750 bits per heavy atom. The van der Waals surface area contributed by atoms with Crippen LogP contribution in [0.1, 0.15) is 28.5 Å². The average molecular weight is 255 g/mol. The Morgan fingerprint density at radius 3 is 2.05 bits per heavy atom. The minimum Gasteiger partial charge on any atom is -0.198 e. The Kier molecular flexibility index (Phi) is 2.72. The van der Waals surface area contributed by atoms with E-state index in [9.17, 15) is 10.5 Å². The minimum absolute atomic E-state index is 0.461. The molecule has 0 amide bonds. The van der Waals surface area contributed by atoms with Crippen molar-refractivity contribution >= 4 is 0 Å². The molecule has 2 aromatic rings. The molecule has 1 aliphatic rings. The van der Waals surface area contributed by atoms with Gasteiger partial charge in [0.25, 0.3) is 0 Å². The molecule has 0 unspecified atom stereocenters. The van der Waals surface area contributed by atoms with Gasteiger partial charge in [0.1, 0.15) is 0 Å². The average Bonchev–Trinajstić information content (AvgIpc) is 2.52. The molecule has 1 aliphatic carbocycles. The van der Waals surface area contributed by atoms with Crippen molar-refractivity contribution in [3.05, 3.63) is 59.2 Å². The van der Waals surface area contributed by atoms with Gasteiger partial charge in [-0.25, -0.2) is 0 Å². The molecule has 0 bridgehead atoms. The summed E-state index contributed by atoms with van der Waals surface area (Å²) >= 11 is 0. The van der Waals surface area contributed by atoms with Crippen LogP contribution in [0.3, 0.4) is 0 Å². The Morgan fingerprint density at radius 2 is 1.40 bits per heavy atom. The maximum absolute atomic E-state index is 9.43. The van der Waals surface area contributed by atoms with Crippen LogP contribution in [0, 0.1) is 34.0 Å². The van der Waals surface area contributed by atoms with Crippen molar-refractivity contribution < 1.29 is 0 Å². The number of fused-ring (bicyclic) bond motifs is 3. The van der Waals surface area contributed by atoms with Crippen LogP contribution < -0.4 is 0 Å². The molecule has 92 valence electrons. The standard InChI is InChI=1S/C17H9N3/c18-8-11-5-6-14-15(7-11)12-3-1-2-4-13(12)16(9-19)17(14)10-20/h1-7,16-17H/t16-,17-/m1/s1. The summed E-state index contributed by atoms with van der Waals surface area (Å²) in [6, 6.07) is 19.5. The summed E-state index contributed by atoms with van der Waals surface area (Å²) in [5.74, 6) is -0.950. The molecular weight excluding hydrogens is 246 g/mol. The van der Waals surface area contributed by atoms with E-state index in [4.69, 9.17) is 5.26 Å². The third-order valence-corrected chi connectivity index (χ3v) is 3.71. The molecular formula is C17H9N3. The SMILES string of the molecule is N#Cc1ccc2c(c1)-c1ccccc1[C@@H](C#N)[C@@H]2C#N. The van der Waals surface area contributed by atoms with Crippen LogP contribution in [0.15, 0.2) is 42.5 Å². The van der Waals surface area contributed by atoms with Crippen molar-refractivity contribution in [1.29, 1.82) is 15.8 Å². The molecule has 3 nitrogen and oxygen atoms in total. The molecule has 0 fully saturated rings. The molecule has 3 heteroatoms. The molecule has 20 heavy (non-hydrogen) atoms. The number of nitriles is 3. The van der Waals surface area contributed by atoms with E-state index in [1.54, 1.807) is 18.2 Å². The molecule has 0 aliphatic heterocycles. The number of hydrogen-bond acceptors (Lipinski definition) is 3. The van der Waals surface area contributed by atoms with Crippen molar-refractivity contribution in [2.75, 3.05) is 0 Å². The van der Waals surface area contributed by atoms with Gasteiger partial charge in [-0.3, -0.25) is 0 Å². The van der Waals surface area contributed by atoms with E-state index in [2.05, 4.69) is 18.2 Å². The third-order valence-electron chi connectivity index (χ3n) is 3.71. The van der Waals surface area contributed by atoms with E-state index < -0.39 is 11.8 Å². The van der Waals surface area contributed by atoms with Gasteiger partial charge < -0.3 is 0 Å². The molecule has 0 spiro atoms. The second kappa shape index (κ2) is 4.54. The first-order chi connectivity index (χ1) is 9.80. The highest BCUT2D eigenvalue weighted by Crippen LogP contribution is 2.46. The van der Waals surface area contributed by atoms with E-state index in [-0.39, 0.29) is 0 Å². The second-order valence-corrected chi connectivity index (χ2v) is 4.71. The number of rotatable bonds is 0. The van der Waals surface area contributed by atoms with Gasteiger partial charge in [-0.1, -0.05) is 30.3 Å². The molecule has 3 rings (SSSR count). The molecule has 0 heterocycles.